The molecule has 2 N–H and O–H groups in total. The highest BCUT2D eigenvalue weighted by Gasteiger charge is 2.09. The van der Waals surface area contributed by atoms with E-state index in [-0.39, 0.29) is 0 Å². The molecule has 1 aromatic carbocycles. The summed E-state index contributed by atoms with van der Waals surface area (Å²) < 4.78 is 0. The summed E-state index contributed by atoms with van der Waals surface area (Å²) in [5.74, 6) is 1.14. The van der Waals surface area contributed by atoms with Crippen molar-refractivity contribution in [1.29, 1.82) is 0 Å². The van der Waals surface area contributed by atoms with E-state index in [1.807, 2.05) is 18.2 Å². The number of aromatic nitrogens is 1. The van der Waals surface area contributed by atoms with Crippen molar-refractivity contribution in [2.24, 2.45) is 0 Å². The molecule has 0 spiro atoms. The third-order valence-corrected chi connectivity index (χ3v) is 2.93. The van der Waals surface area contributed by atoms with E-state index in [0.29, 0.717) is 11.7 Å². The fourth-order valence-corrected chi connectivity index (χ4v) is 1.76. The van der Waals surface area contributed by atoms with E-state index in [4.69, 9.17) is 5.73 Å². The molecule has 0 amide bonds. The van der Waals surface area contributed by atoms with Crippen molar-refractivity contribution >= 4 is 16.7 Å². The van der Waals surface area contributed by atoms with Crippen LogP contribution in [-0.4, -0.2) is 4.98 Å². The second kappa shape index (κ2) is 3.89. The molecule has 0 saturated carbocycles. The number of nitrogens with two attached hydrogens (primary N) is 1. The molecule has 0 fully saturated rings. The molecule has 15 heavy (non-hydrogen) atoms. The van der Waals surface area contributed by atoms with Gasteiger partial charge in [0.15, 0.2) is 0 Å². The van der Waals surface area contributed by atoms with Crippen LogP contribution in [0.25, 0.3) is 10.9 Å². The number of rotatable bonds is 2. The zero-order chi connectivity index (χ0) is 10.8. The lowest BCUT2D eigenvalue weighted by Gasteiger charge is -2.12. The smallest absolute Gasteiger partial charge is 0.127 e. The van der Waals surface area contributed by atoms with E-state index in [1.54, 1.807) is 0 Å². The summed E-state index contributed by atoms with van der Waals surface area (Å²) in [6.45, 7) is 4.35. The summed E-state index contributed by atoms with van der Waals surface area (Å²) in [4.78, 5) is 4.42. The van der Waals surface area contributed by atoms with Gasteiger partial charge in [0, 0.05) is 5.39 Å². The van der Waals surface area contributed by atoms with Crippen molar-refractivity contribution in [2.45, 2.75) is 26.2 Å². The molecule has 0 aliphatic carbocycles. The monoisotopic (exact) mass is 200 g/mol. The number of nitrogens with zero attached hydrogens (tertiary/aromatic N) is 1. The second-order valence-corrected chi connectivity index (χ2v) is 3.96. The van der Waals surface area contributed by atoms with Crippen LogP contribution in [0, 0.1) is 0 Å². The molecule has 78 valence electrons. The first-order valence-corrected chi connectivity index (χ1v) is 5.37. The zero-order valence-electron chi connectivity index (χ0n) is 9.20. The molecule has 2 heteroatoms. The van der Waals surface area contributed by atoms with Crippen molar-refractivity contribution in [3.8, 4) is 0 Å². The number of hydrogen-bond acceptors (Lipinski definition) is 2. The Bertz CT molecular complexity index is 477. The number of anilines is 1. The molecule has 1 aromatic heterocycles. The van der Waals surface area contributed by atoms with Gasteiger partial charge in [0.1, 0.15) is 5.82 Å². The molecular weight excluding hydrogens is 184 g/mol. The van der Waals surface area contributed by atoms with Gasteiger partial charge in [-0.15, -0.1) is 0 Å². The van der Waals surface area contributed by atoms with E-state index in [9.17, 15) is 0 Å². The molecule has 2 nitrogen and oxygen atoms in total. The van der Waals surface area contributed by atoms with Crippen LogP contribution in [0.2, 0.25) is 0 Å². The molecule has 0 aliphatic rings. The molecule has 0 radical (unpaired) electrons. The van der Waals surface area contributed by atoms with E-state index < -0.39 is 0 Å². The normalized spacial score (nSPS) is 12.9. The summed E-state index contributed by atoms with van der Waals surface area (Å²) in [5, 5.41) is 1.17. The highest BCUT2D eigenvalue weighted by Crippen LogP contribution is 2.26. The Balaban J connectivity index is 2.61. The number of pyridine rings is 1. The first-order valence-electron chi connectivity index (χ1n) is 5.37. The molecule has 0 saturated heterocycles. The lowest BCUT2D eigenvalue weighted by atomic mass is 9.98. The van der Waals surface area contributed by atoms with Crippen LogP contribution in [0.15, 0.2) is 30.3 Å². The quantitative estimate of drug-likeness (QED) is 0.807. The molecule has 1 atom stereocenters. The van der Waals surface area contributed by atoms with E-state index in [0.717, 1.165) is 17.5 Å². The molecule has 0 aliphatic heterocycles. The number of para-hydroxylation sites is 1. The number of hydrogen-bond donors (Lipinski definition) is 1. The van der Waals surface area contributed by atoms with Crippen molar-refractivity contribution in [2.75, 3.05) is 5.73 Å². The highest BCUT2D eigenvalue weighted by molar-refractivity contribution is 5.81. The lowest BCUT2D eigenvalue weighted by molar-refractivity contribution is 0.734. The first-order chi connectivity index (χ1) is 7.22. The minimum absolute atomic E-state index is 0.474. The largest absolute Gasteiger partial charge is 0.383 e. The van der Waals surface area contributed by atoms with E-state index >= 15 is 0 Å². The van der Waals surface area contributed by atoms with Gasteiger partial charge in [0.2, 0.25) is 0 Å². The second-order valence-electron chi connectivity index (χ2n) is 3.96. The summed E-state index contributed by atoms with van der Waals surface area (Å²) >= 11 is 0. The van der Waals surface area contributed by atoms with Crippen LogP contribution in [-0.2, 0) is 0 Å². The van der Waals surface area contributed by atoms with Crippen LogP contribution in [0.1, 0.15) is 31.7 Å². The summed E-state index contributed by atoms with van der Waals surface area (Å²) in [6, 6.07) is 10.2. The van der Waals surface area contributed by atoms with Gasteiger partial charge < -0.3 is 5.73 Å². The van der Waals surface area contributed by atoms with Crippen LogP contribution in [0.3, 0.4) is 0 Å². The fourth-order valence-electron chi connectivity index (χ4n) is 1.76. The Labute approximate surface area is 90.1 Å². The molecule has 1 heterocycles. The minimum atomic E-state index is 0.474. The van der Waals surface area contributed by atoms with Crippen molar-refractivity contribution in [1.82, 2.24) is 4.98 Å². The number of fused-ring (bicyclic) bond motifs is 1. The molecule has 0 bridgehead atoms. The van der Waals surface area contributed by atoms with Gasteiger partial charge in [-0.2, -0.15) is 0 Å². The fraction of sp³-hybridized carbons (Fsp3) is 0.308. The zero-order valence-corrected chi connectivity index (χ0v) is 9.20. The van der Waals surface area contributed by atoms with E-state index in [2.05, 4.69) is 31.0 Å². The minimum Gasteiger partial charge on any atom is -0.383 e. The SMILES string of the molecule is CCC(C)c1cc2ccccc2nc1N. The van der Waals surface area contributed by atoms with E-state index in [1.165, 1.54) is 5.39 Å². The molecule has 2 aromatic rings. The summed E-state index contributed by atoms with van der Waals surface area (Å²) in [7, 11) is 0. The van der Waals surface area contributed by atoms with Crippen molar-refractivity contribution in [3.63, 3.8) is 0 Å². The molecule has 1 unspecified atom stereocenters. The maximum Gasteiger partial charge on any atom is 0.127 e. The van der Waals surface area contributed by atoms with Gasteiger partial charge >= 0.3 is 0 Å². The predicted octanol–water partition coefficient (Wildman–Crippen LogP) is 3.33. The van der Waals surface area contributed by atoms with Crippen molar-refractivity contribution in [3.05, 3.63) is 35.9 Å². The Morgan fingerprint density at radius 1 is 1.33 bits per heavy atom. The van der Waals surface area contributed by atoms with Crippen LogP contribution in [0.4, 0.5) is 5.82 Å². The van der Waals surface area contributed by atoms with Crippen LogP contribution >= 0.6 is 0 Å². The molecule has 2 rings (SSSR count). The van der Waals surface area contributed by atoms with Gasteiger partial charge in [-0.05, 0) is 30.0 Å². The average molecular weight is 200 g/mol. The summed E-state index contributed by atoms with van der Waals surface area (Å²) in [6.07, 6.45) is 1.09. The molecular formula is C13H16N2. The predicted molar refractivity (Wildman–Crippen MR) is 64.9 cm³/mol. The number of nitrogen functional groups attached to an aromatic ring is 1. The third-order valence-electron chi connectivity index (χ3n) is 2.93. The highest BCUT2D eigenvalue weighted by atomic mass is 14.8. The topological polar surface area (TPSA) is 38.9 Å². The lowest BCUT2D eigenvalue weighted by Crippen LogP contribution is -2.01. The average Bonchev–Trinajstić information content (AvgIpc) is 2.27. The summed E-state index contributed by atoms with van der Waals surface area (Å²) in [5.41, 5.74) is 8.09. The Kier molecular flexibility index (Phi) is 2.58. The van der Waals surface area contributed by atoms with Gasteiger partial charge in [0.05, 0.1) is 5.52 Å². The van der Waals surface area contributed by atoms with Crippen molar-refractivity contribution < 1.29 is 0 Å². The maximum atomic E-state index is 5.95. The van der Waals surface area contributed by atoms with Gasteiger partial charge in [0.25, 0.3) is 0 Å². The first kappa shape index (κ1) is 9.97. The Morgan fingerprint density at radius 3 is 2.80 bits per heavy atom. The third kappa shape index (κ3) is 1.80. The van der Waals surface area contributed by atoms with Gasteiger partial charge in [-0.25, -0.2) is 4.98 Å². The van der Waals surface area contributed by atoms with Crippen LogP contribution in [0.5, 0.6) is 0 Å². The standard InChI is InChI=1S/C13H16N2/c1-3-9(2)11-8-10-6-4-5-7-12(10)15-13(11)14/h4-9H,3H2,1-2H3,(H2,14,15). The number of benzene rings is 1. The van der Waals surface area contributed by atoms with Gasteiger partial charge in [-0.3, -0.25) is 0 Å². The Hall–Kier alpha value is -1.57. The maximum absolute atomic E-state index is 5.95. The van der Waals surface area contributed by atoms with Gasteiger partial charge in [-0.1, -0.05) is 32.0 Å². The Morgan fingerprint density at radius 2 is 2.07 bits per heavy atom. The van der Waals surface area contributed by atoms with Crippen LogP contribution < -0.4 is 5.73 Å².